The molecular weight excluding hydrogens is 507 g/mol. The summed E-state index contributed by atoms with van der Waals surface area (Å²) in [6, 6.07) is 6.81. The summed E-state index contributed by atoms with van der Waals surface area (Å²) in [7, 11) is 1.73. The topological polar surface area (TPSA) is 84.0 Å². The van der Waals surface area contributed by atoms with Crippen LogP contribution in [0.3, 0.4) is 0 Å². The van der Waals surface area contributed by atoms with Gasteiger partial charge in [0.25, 0.3) is 5.91 Å². The molecule has 0 bridgehead atoms. The van der Waals surface area contributed by atoms with Crippen molar-refractivity contribution in [3.8, 4) is 0 Å². The quantitative estimate of drug-likeness (QED) is 0.185. The predicted molar refractivity (Wildman–Crippen MR) is 128 cm³/mol. The summed E-state index contributed by atoms with van der Waals surface area (Å²) in [5, 5.41) is 9.89. The van der Waals surface area contributed by atoms with Crippen LogP contribution in [0.2, 0.25) is 5.02 Å². The number of hydrogen-bond donors (Lipinski definition) is 3. The van der Waals surface area contributed by atoms with E-state index in [2.05, 4.69) is 20.9 Å². The maximum atomic E-state index is 12.0. The summed E-state index contributed by atoms with van der Waals surface area (Å²) in [5.41, 5.74) is 0.590. The van der Waals surface area contributed by atoms with Crippen LogP contribution in [0.15, 0.2) is 29.3 Å². The van der Waals surface area contributed by atoms with Crippen molar-refractivity contribution < 1.29 is 14.3 Å². The first kappa shape index (κ1) is 25.9. The van der Waals surface area contributed by atoms with E-state index in [0.717, 1.165) is 52.2 Å². The lowest BCUT2D eigenvalue weighted by molar-refractivity contribution is 0.0203. The van der Waals surface area contributed by atoms with Gasteiger partial charge in [0.05, 0.1) is 0 Å². The molecule has 9 heteroatoms. The molecule has 164 valence electrons. The fourth-order valence-electron chi connectivity index (χ4n) is 2.82. The third-order valence-electron chi connectivity index (χ3n) is 4.49. The van der Waals surface area contributed by atoms with E-state index in [1.165, 1.54) is 0 Å². The average Bonchev–Trinajstić information content (AvgIpc) is 2.73. The van der Waals surface area contributed by atoms with Crippen LogP contribution in [0.1, 0.15) is 29.6 Å². The molecule has 3 N–H and O–H groups in total. The monoisotopic (exact) mass is 538 g/mol. The van der Waals surface area contributed by atoms with E-state index in [9.17, 15) is 4.79 Å². The van der Waals surface area contributed by atoms with Crippen LogP contribution < -0.4 is 16.0 Å². The molecule has 0 saturated carbocycles. The van der Waals surface area contributed by atoms with Crippen LogP contribution in [0.25, 0.3) is 0 Å². The van der Waals surface area contributed by atoms with Gasteiger partial charge in [0.1, 0.15) is 0 Å². The number of guanidine groups is 1. The first-order valence-corrected chi connectivity index (χ1v) is 10.2. The Morgan fingerprint density at radius 2 is 1.79 bits per heavy atom. The second kappa shape index (κ2) is 15.7. The van der Waals surface area contributed by atoms with Crippen LogP contribution in [-0.2, 0) is 9.47 Å². The SMILES string of the molecule is CN=C(NCCCOCC1CCOCC1)NCCNC(=O)c1ccc(Cl)cc1.I. The lowest BCUT2D eigenvalue weighted by atomic mass is 10.0. The first-order chi connectivity index (χ1) is 13.7. The summed E-state index contributed by atoms with van der Waals surface area (Å²) >= 11 is 5.82. The molecule has 0 aliphatic carbocycles. The number of rotatable bonds is 10. The van der Waals surface area contributed by atoms with Gasteiger partial charge in [-0.05, 0) is 49.4 Å². The van der Waals surface area contributed by atoms with Crippen molar-refractivity contribution in [1.82, 2.24) is 16.0 Å². The summed E-state index contributed by atoms with van der Waals surface area (Å²) < 4.78 is 11.1. The van der Waals surface area contributed by atoms with Gasteiger partial charge < -0.3 is 25.4 Å². The molecule has 1 fully saturated rings. The largest absolute Gasteiger partial charge is 0.381 e. The predicted octanol–water partition coefficient (Wildman–Crippen LogP) is 2.69. The van der Waals surface area contributed by atoms with Crippen molar-refractivity contribution in [3.05, 3.63) is 34.9 Å². The van der Waals surface area contributed by atoms with E-state index in [4.69, 9.17) is 21.1 Å². The fraction of sp³-hybridized carbons (Fsp3) is 0.600. The normalized spacial score (nSPS) is 14.8. The number of amides is 1. The van der Waals surface area contributed by atoms with Crippen molar-refractivity contribution in [2.24, 2.45) is 10.9 Å². The van der Waals surface area contributed by atoms with E-state index in [-0.39, 0.29) is 29.9 Å². The third kappa shape index (κ3) is 11.0. The number of carbonyl (C=O) groups is 1. The summed E-state index contributed by atoms with van der Waals surface area (Å²) in [6.07, 6.45) is 3.12. The molecule has 1 saturated heterocycles. The maximum absolute atomic E-state index is 12.0. The summed E-state index contributed by atoms with van der Waals surface area (Å²) in [4.78, 5) is 16.2. The van der Waals surface area contributed by atoms with Gasteiger partial charge in [0, 0.05) is 63.7 Å². The molecule has 0 aromatic heterocycles. The van der Waals surface area contributed by atoms with E-state index in [1.54, 1.807) is 31.3 Å². The standard InChI is InChI=1S/C20H31ClN4O3.HI/c1-22-20(24-9-2-12-28-15-16-7-13-27-14-8-16)25-11-10-23-19(26)17-3-5-18(21)6-4-17;/h3-6,16H,2,7-15H2,1H3,(H,23,26)(H2,22,24,25);1H. The zero-order valence-corrected chi connectivity index (χ0v) is 20.0. The molecule has 1 aromatic carbocycles. The number of nitrogens with zero attached hydrogens (tertiary/aromatic N) is 1. The molecule has 2 rings (SSSR count). The molecule has 1 aliphatic heterocycles. The van der Waals surface area contributed by atoms with E-state index >= 15 is 0 Å². The highest BCUT2D eigenvalue weighted by molar-refractivity contribution is 14.0. The smallest absolute Gasteiger partial charge is 0.251 e. The molecular formula is C20H32ClIN4O3. The minimum atomic E-state index is -0.122. The molecule has 0 spiro atoms. The van der Waals surface area contributed by atoms with Gasteiger partial charge in [-0.1, -0.05) is 11.6 Å². The lowest BCUT2D eigenvalue weighted by Crippen LogP contribution is -2.42. The molecule has 7 nitrogen and oxygen atoms in total. The number of ether oxygens (including phenoxy) is 2. The summed E-state index contributed by atoms with van der Waals surface area (Å²) in [5.74, 6) is 1.23. The highest BCUT2D eigenvalue weighted by Gasteiger charge is 2.13. The van der Waals surface area contributed by atoms with Crippen molar-refractivity contribution in [1.29, 1.82) is 0 Å². The van der Waals surface area contributed by atoms with Gasteiger partial charge in [-0.2, -0.15) is 0 Å². The Hall–Kier alpha value is -1.10. The second-order valence-corrected chi connectivity index (χ2v) is 7.11. The zero-order chi connectivity index (χ0) is 20.0. The minimum absolute atomic E-state index is 0. The Labute approximate surface area is 195 Å². The molecule has 1 aromatic rings. The minimum Gasteiger partial charge on any atom is -0.381 e. The number of halogens is 2. The van der Waals surface area contributed by atoms with Crippen LogP contribution in [-0.4, -0.2) is 65.0 Å². The van der Waals surface area contributed by atoms with E-state index < -0.39 is 0 Å². The Balaban J connectivity index is 0.00000420. The number of hydrogen-bond acceptors (Lipinski definition) is 4. The van der Waals surface area contributed by atoms with Crippen molar-refractivity contribution in [2.45, 2.75) is 19.3 Å². The lowest BCUT2D eigenvalue weighted by Gasteiger charge is -2.21. The molecule has 1 amide bonds. The number of nitrogens with one attached hydrogen (secondary N) is 3. The molecule has 1 heterocycles. The Kier molecular flexibility index (Phi) is 14.0. The molecule has 0 unspecified atom stereocenters. The zero-order valence-electron chi connectivity index (χ0n) is 16.9. The first-order valence-electron chi connectivity index (χ1n) is 9.83. The van der Waals surface area contributed by atoms with Crippen molar-refractivity contribution in [3.63, 3.8) is 0 Å². The highest BCUT2D eigenvalue weighted by atomic mass is 127. The van der Waals surface area contributed by atoms with Gasteiger partial charge >= 0.3 is 0 Å². The van der Waals surface area contributed by atoms with Gasteiger partial charge in [0.15, 0.2) is 5.96 Å². The summed E-state index contributed by atoms with van der Waals surface area (Å²) in [6.45, 7) is 5.14. The van der Waals surface area contributed by atoms with E-state index in [1.807, 2.05) is 0 Å². The average molecular weight is 539 g/mol. The molecule has 29 heavy (non-hydrogen) atoms. The van der Waals surface area contributed by atoms with Crippen LogP contribution in [0.4, 0.5) is 0 Å². The van der Waals surface area contributed by atoms with Gasteiger partial charge in [0.2, 0.25) is 0 Å². The number of carbonyl (C=O) groups excluding carboxylic acids is 1. The van der Waals surface area contributed by atoms with Crippen LogP contribution >= 0.6 is 35.6 Å². The fourth-order valence-corrected chi connectivity index (χ4v) is 2.95. The molecule has 0 atom stereocenters. The highest BCUT2D eigenvalue weighted by Crippen LogP contribution is 2.14. The third-order valence-corrected chi connectivity index (χ3v) is 4.74. The van der Waals surface area contributed by atoms with Crippen molar-refractivity contribution in [2.75, 3.05) is 53.1 Å². The second-order valence-electron chi connectivity index (χ2n) is 6.67. The maximum Gasteiger partial charge on any atom is 0.251 e. The Morgan fingerprint density at radius 1 is 1.14 bits per heavy atom. The number of aliphatic imine (C=N–C) groups is 1. The Morgan fingerprint density at radius 3 is 2.48 bits per heavy atom. The number of benzene rings is 1. The molecule has 1 aliphatic rings. The van der Waals surface area contributed by atoms with Crippen molar-refractivity contribution >= 4 is 47.4 Å². The Bertz CT molecular complexity index is 610. The van der Waals surface area contributed by atoms with Crippen LogP contribution in [0.5, 0.6) is 0 Å². The van der Waals surface area contributed by atoms with Gasteiger partial charge in [-0.3, -0.25) is 9.79 Å². The van der Waals surface area contributed by atoms with Gasteiger partial charge in [-0.25, -0.2) is 0 Å². The van der Waals surface area contributed by atoms with Gasteiger partial charge in [-0.15, -0.1) is 24.0 Å². The van der Waals surface area contributed by atoms with Crippen LogP contribution in [0, 0.1) is 5.92 Å². The molecule has 0 radical (unpaired) electrons. The van der Waals surface area contributed by atoms with E-state index in [0.29, 0.717) is 35.6 Å².